The van der Waals surface area contributed by atoms with E-state index in [1.807, 2.05) is 0 Å². The summed E-state index contributed by atoms with van der Waals surface area (Å²) in [6.07, 6.45) is -0.261. The summed E-state index contributed by atoms with van der Waals surface area (Å²) >= 11 is 6.12. The lowest BCUT2D eigenvalue weighted by Crippen LogP contribution is -2.48. The first-order chi connectivity index (χ1) is 17.0. The molecule has 0 aromatic carbocycles. The van der Waals surface area contributed by atoms with Crippen molar-refractivity contribution in [3.8, 4) is 0 Å². The smallest absolute Gasteiger partial charge is 0.371 e. The molecule has 1 saturated carbocycles. The highest BCUT2D eigenvalue weighted by Crippen LogP contribution is 2.52. The van der Waals surface area contributed by atoms with Crippen LogP contribution in [0.3, 0.4) is 0 Å². The van der Waals surface area contributed by atoms with Gasteiger partial charge in [0, 0.05) is 13.2 Å². The van der Waals surface area contributed by atoms with Crippen molar-refractivity contribution in [1.82, 2.24) is 19.7 Å². The highest BCUT2D eigenvalue weighted by Gasteiger charge is 2.57. The minimum atomic E-state index is -5.39. The number of methoxy groups -OCH3 is 1. The summed E-state index contributed by atoms with van der Waals surface area (Å²) in [5.74, 6) is -1.50. The number of aliphatic hydroxyl groups is 2. The Bertz CT molecular complexity index is 1160. The van der Waals surface area contributed by atoms with Crippen LogP contribution in [0.4, 0.5) is 5.82 Å². The number of carboxylic acids is 1. The highest BCUT2D eigenvalue weighted by molar-refractivity contribution is 7.54. The van der Waals surface area contributed by atoms with E-state index in [2.05, 4.69) is 25.1 Å². The number of nitrogens with one attached hydrogen (secondary N) is 1. The number of carbonyl (C=O) groups is 1. The molecule has 36 heavy (non-hydrogen) atoms. The SMILES string of the molecule is COC[C@](OC[C@H]1O[C@@H](n2ncc3c(NC4CCCC4)nc(Cl)nc32)[C@H](O)[C@@H]1O)(C(=O)O)P(=O)(O)O. The second-order valence-electron chi connectivity index (χ2n) is 8.72. The van der Waals surface area contributed by atoms with Gasteiger partial charge < -0.3 is 44.6 Å². The van der Waals surface area contributed by atoms with Gasteiger partial charge in [-0.2, -0.15) is 15.1 Å². The topological polar surface area (TPSA) is 219 Å². The number of hydrogen-bond donors (Lipinski definition) is 6. The lowest BCUT2D eigenvalue weighted by atomic mass is 10.1. The Morgan fingerprint density at radius 3 is 2.61 bits per heavy atom. The summed E-state index contributed by atoms with van der Waals surface area (Å²) in [5, 5.41) is 35.6. The van der Waals surface area contributed by atoms with E-state index in [9.17, 15) is 34.5 Å². The van der Waals surface area contributed by atoms with Gasteiger partial charge in [-0.3, -0.25) is 4.57 Å². The quantitative estimate of drug-likeness (QED) is 0.170. The Kier molecular flexibility index (Phi) is 7.86. The van der Waals surface area contributed by atoms with Crippen LogP contribution in [-0.4, -0.2) is 101 Å². The molecule has 1 saturated heterocycles. The summed E-state index contributed by atoms with van der Waals surface area (Å²) < 4.78 is 28.6. The predicted octanol–water partition coefficient (Wildman–Crippen LogP) is 0.0750. The van der Waals surface area contributed by atoms with E-state index in [0.29, 0.717) is 11.2 Å². The molecule has 0 radical (unpaired) electrons. The number of halogens is 1. The Hall–Kier alpha value is -1.94. The van der Waals surface area contributed by atoms with E-state index in [-0.39, 0.29) is 17.0 Å². The molecule has 2 fully saturated rings. The second-order valence-corrected chi connectivity index (χ2v) is 10.9. The lowest BCUT2D eigenvalue weighted by Gasteiger charge is -2.30. The largest absolute Gasteiger partial charge is 0.479 e. The van der Waals surface area contributed by atoms with Crippen LogP contribution in [0.1, 0.15) is 31.9 Å². The van der Waals surface area contributed by atoms with Crippen LogP contribution in [0.5, 0.6) is 0 Å². The molecular weight excluding hydrogens is 525 g/mol. The molecule has 2 aliphatic rings. The van der Waals surface area contributed by atoms with Crippen LogP contribution >= 0.6 is 19.2 Å². The highest BCUT2D eigenvalue weighted by atomic mass is 35.5. The van der Waals surface area contributed by atoms with Crippen LogP contribution < -0.4 is 5.32 Å². The first-order valence-corrected chi connectivity index (χ1v) is 13.1. The molecule has 5 atom stereocenters. The molecule has 1 aliphatic carbocycles. The molecular formula is C19H27ClN5O10P. The molecule has 1 aliphatic heterocycles. The van der Waals surface area contributed by atoms with Gasteiger partial charge in [-0.1, -0.05) is 12.8 Å². The number of fused-ring (bicyclic) bond motifs is 1. The molecule has 4 rings (SSSR count). The van der Waals surface area contributed by atoms with E-state index in [4.69, 9.17) is 21.1 Å². The van der Waals surface area contributed by atoms with Crippen LogP contribution in [0.25, 0.3) is 11.0 Å². The lowest BCUT2D eigenvalue weighted by molar-refractivity contribution is -0.169. The minimum Gasteiger partial charge on any atom is -0.479 e. The van der Waals surface area contributed by atoms with Gasteiger partial charge in [-0.15, -0.1) is 0 Å². The van der Waals surface area contributed by atoms with Gasteiger partial charge in [0.25, 0.3) is 5.34 Å². The number of rotatable bonds is 10. The molecule has 0 unspecified atom stereocenters. The molecule has 17 heteroatoms. The minimum absolute atomic E-state index is 0.0786. The fraction of sp³-hybridized carbons (Fsp3) is 0.684. The van der Waals surface area contributed by atoms with Crippen LogP contribution in [0, 0.1) is 0 Å². The van der Waals surface area contributed by atoms with Gasteiger partial charge in [-0.05, 0) is 24.4 Å². The molecule has 2 aromatic rings. The van der Waals surface area contributed by atoms with Gasteiger partial charge in [0.05, 0.1) is 24.8 Å². The fourth-order valence-electron chi connectivity index (χ4n) is 4.40. The Morgan fingerprint density at radius 2 is 2.00 bits per heavy atom. The predicted molar refractivity (Wildman–Crippen MR) is 122 cm³/mol. The van der Waals surface area contributed by atoms with E-state index in [1.165, 1.54) is 10.9 Å². The third-order valence-electron chi connectivity index (χ3n) is 6.33. The number of aromatic nitrogens is 4. The molecule has 15 nitrogen and oxygen atoms in total. The standard InChI is InChI=1S/C19H27ClN5O10P/c1-33-8-19(17(28)29,36(30,31)32)34-7-11-12(26)13(27)16(35-11)25-15-10(6-21-25)14(23-18(20)24-15)22-9-4-2-3-5-9/h6,9,11-13,16,26-27H,2-5,7-8H2,1H3,(H,28,29)(H,22,23,24)(H2,30,31,32)/t11-,12-,13-,16-,19-/m1/s1. The molecule has 200 valence electrons. The second kappa shape index (κ2) is 10.4. The van der Waals surface area contributed by atoms with E-state index >= 15 is 0 Å². The van der Waals surface area contributed by atoms with Crippen LogP contribution in [0.2, 0.25) is 5.28 Å². The van der Waals surface area contributed by atoms with Crippen LogP contribution in [-0.2, 0) is 23.6 Å². The molecule has 2 aromatic heterocycles. The molecule has 0 spiro atoms. The summed E-state index contributed by atoms with van der Waals surface area (Å²) in [6.45, 7) is -1.77. The number of nitrogens with zero attached hydrogens (tertiary/aromatic N) is 4. The summed E-state index contributed by atoms with van der Waals surface area (Å²) in [4.78, 5) is 39.4. The molecule has 3 heterocycles. The van der Waals surface area contributed by atoms with Crippen molar-refractivity contribution in [2.24, 2.45) is 0 Å². The van der Waals surface area contributed by atoms with Crippen molar-refractivity contribution in [3.63, 3.8) is 0 Å². The summed E-state index contributed by atoms with van der Waals surface area (Å²) in [7, 11) is -4.35. The maximum atomic E-state index is 11.9. The van der Waals surface area contributed by atoms with Crippen molar-refractivity contribution in [3.05, 3.63) is 11.5 Å². The fourth-order valence-corrected chi connectivity index (χ4v) is 5.36. The van der Waals surface area contributed by atoms with Gasteiger partial charge >= 0.3 is 13.6 Å². The monoisotopic (exact) mass is 551 g/mol. The maximum absolute atomic E-state index is 11.9. The van der Waals surface area contributed by atoms with Crippen molar-refractivity contribution in [2.75, 3.05) is 25.6 Å². The average Bonchev–Trinajstić information content (AvgIpc) is 3.52. The third kappa shape index (κ3) is 4.95. The van der Waals surface area contributed by atoms with Crippen molar-refractivity contribution >= 4 is 42.0 Å². The zero-order chi connectivity index (χ0) is 26.3. The number of anilines is 1. The zero-order valence-corrected chi connectivity index (χ0v) is 20.7. The molecule has 0 amide bonds. The summed E-state index contributed by atoms with van der Waals surface area (Å²) in [6, 6.07) is 0.217. The maximum Gasteiger partial charge on any atom is 0.371 e. The van der Waals surface area contributed by atoms with E-state index < -0.39 is 56.7 Å². The first kappa shape index (κ1) is 27.1. The number of aliphatic carboxylic acids is 1. The Morgan fingerprint density at radius 1 is 1.31 bits per heavy atom. The first-order valence-electron chi connectivity index (χ1n) is 11.1. The van der Waals surface area contributed by atoms with E-state index in [0.717, 1.165) is 32.8 Å². The zero-order valence-electron chi connectivity index (χ0n) is 19.1. The average molecular weight is 552 g/mol. The number of aliphatic hydroxyl groups excluding tert-OH is 2. The normalized spacial score (nSPS) is 26.9. The van der Waals surface area contributed by atoms with Gasteiger partial charge in [-0.25, -0.2) is 9.48 Å². The van der Waals surface area contributed by atoms with Gasteiger partial charge in [0.2, 0.25) is 5.28 Å². The molecule has 0 bridgehead atoms. The van der Waals surface area contributed by atoms with Gasteiger partial charge in [0.15, 0.2) is 11.9 Å². The van der Waals surface area contributed by atoms with Crippen molar-refractivity contribution < 1.29 is 48.7 Å². The molecule has 6 N–H and O–H groups in total. The Balaban J connectivity index is 1.57. The summed E-state index contributed by atoms with van der Waals surface area (Å²) in [5.41, 5.74) is 0.211. The van der Waals surface area contributed by atoms with Gasteiger partial charge in [0.1, 0.15) is 24.1 Å². The van der Waals surface area contributed by atoms with Crippen molar-refractivity contribution in [2.45, 2.75) is 61.6 Å². The number of carboxylic acid groups (broad SMARTS) is 1. The number of hydrogen-bond acceptors (Lipinski definition) is 11. The number of ether oxygens (including phenoxy) is 3. The third-order valence-corrected chi connectivity index (χ3v) is 7.89. The van der Waals surface area contributed by atoms with Crippen LogP contribution in [0.15, 0.2) is 6.20 Å². The Labute approximate surface area is 209 Å². The van der Waals surface area contributed by atoms with E-state index in [1.54, 1.807) is 0 Å². The van der Waals surface area contributed by atoms with Crippen molar-refractivity contribution in [1.29, 1.82) is 0 Å².